The summed E-state index contributed by atoms with van der Waals surface area (Å²) in [7, 11) is 0. The highest BCUT2D eigenvalue weighted by Gasteiger charge is 2.19. The number of aromatic amines is 1. The lowest BCUT2D eigenvalue weighted by Gasteiger charge is -2.15. The minimum atomic E-state index is -0.627. The predicted octanol–water partition coefficient (Wildman–Crippen LogP) is 3.40. The number of allylic oxidation sites excluding steroid dienone is 4. The van der Waals surface area contributed by atoms with Gasteiger partial charge in [-0.15, -0.1) is 0 Å². The van der Waals surface area contributed by atoms with Crippen LogP contribution in [0.3, 0.4) is 0 Å². The zero-order valence-electron chi connectivity index (χ0n) is 13.6. The van der Waals surface area contributed by atoms with Crippen LogP contribution in [-0.2, 0) is 0 Å². The van der Waals surface area contributed by atoms with Crippen LogP contribution in [0.15, 0.2) is 53.1 Å². The average molecular weight is 331 g/mol. The first kappa shape index (κ1) is 17.7. The number of aryl methyl sites for hydroxylation is 1. The van der Waals surface area contributed by atoms with Crippen LogP contribution in [0.2, 0.25) is 0 Å². The molecule has 0 aliphatic heterocycles. The number of rotatable bonds is 5. The van der Waals surface area contributed by atoms with Crippen molar-refractivity contribution >= 4 is 10.9 Å². The van der Waals surface area contributed by atoms with Gasteiger partial charge in [0, 0.05) is 6.54 Å². The van der Waals surface area contributed by atoms with Crippen molar-refractivity contribution in [3.05, 3.63) is 75.9 Å². The van der Waals surface area contributed by atoms with Crippen LogP contribution in [0.1, 0.15) is 24.2 Å². The van der Waals surface area contributed by atoms with E-state index in [4.69, 9.17) is 5.73 Å². The summed E-state index contributed by atoms with van der Waals surface area (Å²) in [6.45, 7) is 7.22. The lowest BCUT2D eigenvalue weighted by molar-refractivity contribution is 0.633. The van der Waals surface area contributed by atoms with E-state index in [1.54, 1.807) is 19.9 Å². The van der Waals surface area contributed by atoms with E-state index in [2.05, 4.69) is 16.5 Å². The monoisotopic (exact) mass is 331 g/mol. The van der Waals surface area contributed by atoms with Gasteiger partial charge in [-0.05, 0) is 43.2 Å². The molecule has 0 amide bonds. The summed E-state index contributed by atoms with van der Waals surface area (Å²) in [6.07, 6.45) is 4.04. The Morgan fingerprint density at radius 1 is 1.50 bits per heavy atom. The highest BCUT2D eigenvalue weighted by Crippen LogP contribution is 2.24. The number of nitrogens with zero attached hydrogens (tertiary/aromatic N) is 1. The van der Waals surface area contributed by atoms with Crippen LogP contribution in [0.5, 0.6) is 0 Å². The minimum Gasteiger partial charge on any atom is -0.329 e. The highest BCUT2D eigenvalue weighted by atomic mass is 19.1. The second-order valence-corrected chi connectivity index (χ2v) is 5.43. The molecule has 0 spiro atoms. The van der Waals surface area contributed by atoms with Crippen molar-refractivity contribution in [2.45, 2.75) is 19.8 Å². The summed E-state index contributed by atoms with van der Waals surface area (Å²) in [5, 5.41) is 0.191. The van der Waals surface area contributed by atoms with Gasteiger partial charge in [-0.2, -0.15) is 0 Å². The normalized spacial score (nSPS) is 13.6. The maximum absolute atomic E-state index is 14.1. The molecule has 0 fully saturated rings. The Kier molecular flexibility index (Phi) is 5.41. The average Bonchev–Trinajstić information content (AvgIpc) is 2.51. The number of fused-ring (bicyclic) bond motifs is 1. The Balaban J connectivity index is 2.58. The van der Waals surface area contributed by atoms with Crippen LogP contribution in [0, 0.1) is 12.7 Å². The van der Waals surface area contributed by atoms with Gasteiger partial charge in [-0.1, -0.05) is 18.7 Å². The maximum atomic E-state index is 14.1. The molecule has 2 aromatic rings. The molecule has 0 unspecified atom stereocenters. The van der Waals surface area contributed by atoms with E-state index in [9.17, 15) is 13.6 Å². The Labute approximate surface area is 138 Å². The number of aromatic nitrogens is 2. The lowest BCUT2D eigenvalue weighted by atomic mass is 9.98. The van der Waals surface area contributed by atoms with Crippen molar-refractivity contribution in [3.63, 3.8) is 0 Å². The molecule has 126 valence electrons. The van der Waals surface area contributed by atoms with Crippen LogP contribution in [0.4, 0.5) is 8.78 Å². The molecule has 0 saturated carbocycles. The molecule has 1 heterocycles. The van der Waals surface area contributed by atoms with Crippen molar-refractivity contribution in [2.75, 3.05) is 6.54 Å². The molecule has 3 N–H and O–H groups in total. The van der Waals surface area contributed by atoms with Crippen molar-refractivity contribution in [3.8, 4) is 0 Å². The summed E-state index contributed by atoms with van der Waals surface area (Å²) < 4.78 is 27.7. The van der Waals surface area contributed by atoms with Crippen molar-refractivity contribution in [1.29, 1.82) is 0 Å². The molecule has 0 saturated heterocycles. The van der Waals surface area contributed by atoms with Crippen LogP contribution >= 0.6 is 0 Å². The fourth-order valence-corrected chi connectivity index (χ4v) is 2.48. The Morgan fingerprint density at radius 2 is 2.21 bits per heavy atom. The van der Waals surface area contributed by atoms with E-state index >= 15 is 0 Å². The first-order valence-corrected chi connectivity index (χ1v) is 7.46. The Morgan fingerprint density at radius 3 is 2.83 bits per heavy atom. The molecule has 1 aromatic heterocycles. The van der Waals surface area contributed by atoms with Gasteiger partial charge in [0.2, 0.25) is 0 Å². The highest BCUT2D eigenvalue weighted by molar-refractivity contribution is 5.81. The number of H-pyrrole nitrogens is 1. The number of hydrogen-bond acceptors (Lipinski definition) is 3. The van der Waals surface area contributed by atoms with Gasteiger partial charge >= 0.3 is 0 Å². The molecule has 24 heavy (non-hydrogen) atoms. The third-order valence-corrected chi connectivity index (χ3v) is 3.70. The van der Waals surface area contributed by atoms with Gasteiger partial charge in [-0.25, -0.2) is 13.8 Å². The van der Waals surface area contributed by atoms with Crippen LogP contribution in [0.25, 0.3) is 10.9 Å². The van der Waals surface area contributed by atoms with E-state index in [0.717, 1.165) is 0 Å². The molecule has 0 radical (unpaired) electrons. The second-order valence-electron chi connectivity index (χ2n) is 5.43. The molecule has 6 heteroatoms. The van der Waals surface area contributed by atoms with Gasteiger partial charge in [0.15, 0.2) is 0 Å². The number of hydrogen-bond donors (Lipinski definition) is 2. The predicted molar refractivity (Wildman–Crippen MR) is 92.0 cm³/mol. The molecule has 2 rings (SSSR count). The van der Waals surface area contributed by atoms with Gasteiger partial charge < -0.3 is 10.7 Å². The SMILES string of the molecule is C=C(/C=C(F)\C=C/C)[C@H](CN)c1nc2c(F)ccc(C)c2c(=O)[nH]1. The largest absolute Gasteiger partial charge is 0.329 e. The van der Waals surface area contributed by atoms with Crippen LogP contribution in [-0.4, -0.2) is 16.5 Å². The van der Waals surface area contributed by atoms with E-state index < -0.39 is 23.1 Å². The van der Waals surface area contributed by atoms with Gasteiger partial charge in [-0.3, -0.25) is 4.79 Å². The smallest absolute Gasteiger partial charge is 0.259 e. The number of halogens is 2. The first-order valence-electron chi connectivity index (χ1n) is 7.46. The molecule has 1 atom stereocenters. The van der Waals surface area contributed by atoms with Crippen molar-refractivity contribution < 1.29 is 8.78 Å². The van der Waals surface area contributed by atoms with E-state index in [-0.39, 0.29) is 23.3 Å². The third-order valence-electron chi connectivity index (χ3n) is 3.70. The zero-order valence-corrected chi connectivity index (χ0v) is 13.6. The van der Waals surface area contributed by atoms with Gasteiger partial charge in [0.05, 0.1) is 11.3 Å². The quantitative estimate of drug-likeness (QED) is 0.825. The summed E-state index contributed by atoms with van der Waals surface area (Å²) in [5.41, 5.74) is 6.20. The molecule has 1 aromatic carbocycles. The topological polar surface area (TPSA) is 71.8 Å². The zero-order chi connectivity index (χ0) is 17.9. The first-order chi connectivity index (χ1) is 11.4. The molecule has 0 aliphatic carbocycles. The maximum Gasteiger partial charge on any atom is 0.259 e. The van der Waals surface area contributed by atoms with Gasteiger partial charge in [0.25, 0.3) is 5.56 Å². The summed E-state index contributed by atoms with van der Waals surface area (Å²) in [4.78, 5) is 19.1. The van der Waals surface area contributed by atoms with E-state index in [1.165, 1.54) is 24.3 Å². The van der Waals surface area contributed by atoms with E-state index in [0.29, 0.717) is 11.1 Å². The number of benzene rings is 1. The standard InChI is InChI=1S/C18H19F2N3O/c1-4-5-12(19)8-11(3)13(9-21)17-22-16-14(20)7-6-10(2)15(16)18(24)23-17/h4-8,13H,3,9,21H2,1-2H3,(H,22,23,24)/b5-4-,12-8+/t13-/m0/s1. The van der Waals surface area contributed by atoms with E-state index in [1.807, 2.05) is 0 Å². The Hall–Kier alpha value is -2.60. The summed E-state index contributed by atoms with van der Waals surface area (Å²) in [5.74, 6) is -1.56. The fourth-order valence-electron chi connectivity index (χ4n) is 2.48. The molecule has 0 bridgehead atoms. The lowest BCUT2D eigenvalue weighted by Crippen LogP contribution is -2.22. The third kappa shape index (κ3) is 3.49. The summed E-state index contributed by atoms with van der Waals surface area (Å²) in [6, 6.07) is 2.77. The molecular formula is C18H19F2N3O. The summed E-state index contributed by atoms with van der Waals surface area (Å²) >= 11 is 0. The minimum absolute atomic E-state index is 0.0297. The number of nitrogens with two attached hydrogens (primary N) is 1. The van der Waals surface area contributed by atoms with Gasteiger partial charge in [0.1, 0.15) is 23.0 Å². The van der Waals surface area contributed by atoms with Crippen LogP contribution < -0.4 is 11.3 Å². The fraction of sp³-hybridized carbons (Fsp3) is 0.222. The second kappa shape index (κ2) is 7.31. The molecule has 4 nitrogen and oxygen atoms in total. The number of nitrogens with one attached hydrogen (secondary N) is 1. The Bertz CT molecular complexity index is 897. The van der Waals surface area contributed by atoms with Crippen molar-refractivity contribution in [2.24, 2.45) is 5.73 Å². The van der Waals surface area contributed by atoms with Crippen molar-refractivity contribution in [1.82, 2.24) is 9.97 Å². The molecular weight excluding hydrogens is 312 g/mol. The molecule has 0 aliphatic rings.